The molecule has 0 fully saturated rings. The fourth-order valence-electron chi connectivity index (χ4n) is 2.64. The number of aromatic nitrogens is 4. The third-order valence-corrected chi connectivity index (χ3v) is 3.96. The lowest BCUT2D eigenvalue weighted by molar-refractivity contribution is 0.0995. The molecule has 0 saturated heterocycles. The first-order chi connectivity index (χ1) is 14.0. The molecule has 3 aromatic rings. The van der Waals surface area contributed by atoms with Gasteiger partial charge in [-0.25, -0.2) is 9.97 Å². The van der Waals surface area contributed by atoms with Gasteiger partial charge in [0.2, 0.25) is 0 Å². The van der Waals surface area contributed by atoms with Crippen molar-refractivity contribution in [3.8, 4) is 11.3 Å². The van der Waals surface area contributed by atoms with Crippen molar-refractivity contribution in [2.24, 2.45) is 12.8 Å². The quantitative estimate of drug-likeness (QED) is 0.489. The minimum absolute atomic E-state index is 0.0158. The summed E-state index contributed by atoms with van der Waals surface area (Å²) in [5.41, 5.74) is 7.11. The lowest BCUT2D eigenvalue weighted by atomic mass is 10.1. The average Bonchev–Trinajstić information content (AvgIpc) is 3.09. The Labute approximate surface area is 167 Å². The molecule has 150 valence electrons. The molecule has 10 heteroatoms. The summed E-state index contributed by atoms with van der Waals surface area (Å²) in [4.78, 5) is 32.8. The molecular weight excluding hydrogens is 374 g/mol. The normalized spacial score (nSPS) is 10.6. The van der Waals surface area contributed by atoms with E-state index in [-0.39, 0.29) is 17.1 Å². The van der Waals surface area contributed by atoms with Gasteiger partial charge in [0.05, 0.1) is 18.0 Å². The van der Waals surface area contributed by atoms with Gasteiger partial charge in [-0.3, -0.25) is 14.3 Å². The van der Waals surface area contributed by atoms with Gasteiger partial charge in [0.25, 0.3) is 11.8 Å². The highest BCUT2D eigenvalue weighted by Gasteiger charge is 2.17. The fraction of sp³-hybridized carbons (Fsp3) is 0.211. The summed E-state index contributed by atoms with van der Waals surface area (Å²) in [5, 5.41) is 9.72. The monoisotopic (exact) mass is 395 g/mol. The van der Waals surface area contributed by atoms with Crippen LogP contribution in [0.3, 0.4) is 0 Å². The van der Waals surface area contributed by atoms with Crippen molar-refractivity contribution in [1.82, 2.24) is 19.7 Å². The van der Waals surface area contributed by atoms with Crippen LogP contribution in [0.15, 0.2) is 42.7 Å². The number of carbonyl (C=O) groups is 2. The highest BCUT2D eigenvalue weighted by molar-refractivity contribution is 6.07. The van der Waals surface area contributed by atoms with Crippen molar-refractivity contribution in [3.05, 3.63) is 54.1 Å². The number of rotatable bonds is 8. The van der Waals surface area contributed by atoms with Gasteiger partial charge in [0, 0.05) is 38.7 Å². The lowest BCUT2D eigenvalue weighted by Crippen LogP contribution is -2.18. The van der Waals surface area contributed by atoms with Crippen LogP contribution in [0.2, 0.25) is 0 Å². The number of primary amides is 1. The van der Waals surface area contributed by atoms with E-state index < -0.39 is 11.8 Å². The van der Waals surface area contributed by atoms with E-state index in [1.165, 1.54) is 10.9 Å². The van der Waals surface area contributed by atoms with Gasteiger partial charge < -0.3 is 21.1 Å². The number of pyridine rings is 2. The van der Waals surface area contributed by atoms with Crippen molar-refractivity contribution in [2.75, 3.05) is 30.9 Å². The molecule has 3 rings (SSSR count). The summed E-state index contributed by atoms with van der Waals surface area (Å²) in [5.74, 6) is -0.527. The Bertz CT molecular complexity index is 1030. The first kappa shape index (κ1) is 20.0. The molecule has 2 amide bonds. The fourth-order valence-corrected chi connectivity index (χ4v) is 2.64. The first-order valence-electron chi connectivity index (χ1n) is 8.79. The van der Waals surface area contributed by atoms with E-state index >= 15 is 0 Å². The highest BCUT2D eigenvalue weighted by atomic mass is 16.5. The van der Waals surface area contributed by atoms with Crippen LogP contribution in [-0.4, -0.2) is 51.8 Å². The number of carbonyl (C=O) groups excluding carboxylic acids is 2. The Morgan fingerprint density at radius 2 is 2.10 bits per heavy atom. The second-order valence-corrected chi connectivity index (χ2v) is 6.14. The zero-order valence-electron chi connectivity index (χ0n) is 16.0. The smallest absolute Gasteiger partial charge is 0.274 e. The molecule has 0 unspecified atom stereocenters. The van der Waals surface area contributed by atoms with E-state index in [1.54, 1.807) is 44.6 Å². The van der Waals surface area contributed by atoms with E-state index in [0.717, 1.165) is 5.56 Å². The Morgan fingerprint density at radius 1 is 1.28 bits per heavy atom. The van der Waals surface area contributed by atoms with E-state index in [2.05, 4.69) is 25.7 Å². The van der Waals surface area contributed by atoms with Crippen LogP contribution in [0.25, 0.3) is 11.3 Å². The van der Waals surface area contributed by atoms with Crippen LogP contribution < -0.4 is 16.4 Å². The lowest BCUT2D eigenvalue weighted by Gasteiger charge is -2.08. The minimum Gasteiger partial charge on any atom is -0.383 e. The van der Waals surface area contributed by atoms with Gasteiger partial charge in [-0.05, 0) is 24.3 Å². The summed E-state index contributed by atoms with van der Waals surface area (Å²) < 4.78 is 6.41. The summed E-state index contributed by atoms with van der Waals surface area (Å²) in [7, 11) is 3.26. The van der Waals surface area contributed by atoms with Gasteiger partial charge in [-0.15, -0.1) is 0 Å². The van der Waals surface area contributed by atoms with E-state index in [9.17, 15) is 9.59 Å². The molecule has 0 aliphatic rings. The zero-order valence-corrected chi connectivity index (χ0v) is 16.0. The number of aryl methyl sites for hydroxylation is 1. The SMILES string of the molecule is COCCNc1cc(-c2cccc(C(=O)Nc3cn(C)nc3C(N)=O)n2)ccn1. The van der Waals surface area contributed by atoms with Gasteiger partial charge in [-0.1, -0.05) is 6.07 Å². The number of methoxy groups -OCH3 is 1. The summed E-state index contributed by atoms with van der Waals surface area (Å²) in [6.07, 6.45) is 3.16. The minimum atomic E-state index is -0.729. The molecule has 29 heavy (non-hydrogen) atoms. The van der Waals surface area contributed by atoms with Crippen LogP contribution in [0.1, 0.15) is 21.0 Å². The Morgan fingerprint density at radius 3 is 2.86 bits per heavy atom. The predicted molar refractivity (Wildman–Crippen MR) is 108 cm³/mol. The molecular formula is C19H21N7O3. The standard InChI is InChI=1S/C19H21N7O3/c1-26-11-15(17(25-26)18(20)27)24-19(28)14-5-3-4-13(23-14)12-6-7-21-16(10-12)22-8-9-29-2/h3-7,10-11H,8-9H2,1-2H3,(H2,20,27)(H,21,22)(H,24,28). The third kappa shape index (κ3) is 4.93. The van der Waals surface area contributed by atoms with E-state index in [4.69, 9.17) is 10.5 Å². The molecule has 3 heterocycles. The van der Waals surface area contributed by atoms with Crippen molar-refractivity contribution >= 4 is 23.3 Å². The van der Waals surface area contributed by atoms with Crippen molar-refractivity contribution < 1.29 is 14.3 Å². The summed E-state index contributed by atoms with van der Waals surface area (Å²) >= 11 is 0. The molecule has 10 nitrogen and oxygen atoms in total. The largest absolute Gasteiger partial charge is 0.383 e. The van der Waals surface area contributed by atoms with Crippen LogP contribution in [0.5, 0.6) is 0 Å². The molecule has 0 aliphatic carbocycles. The number of hydrogen-bond donors (Lipinski definition) is 3. The van der Waals surface area contributed by atoms with Crippen LogP contribution in [0.4, 0.5) is 11.5 Å². The molecule has 0 spiro atoms. The average molecular weight is 395 g/mol. The zero-order chi connectivity index (χ0) is 20.8. The highest BCUT2D eigenvalue weighted by Crippen LogP contribution is 2.20. The maximum absolute atomic E-state index is 12.6. The number of anilines is 2. The molecule has 0 aliphatic heterocycles. The van der Waals surface area contributed by atoms with E-state index in [0.29, 0.717) is 24.7 Å². The second kappa shape index (κ2) is 8.93. The van der Waals surface area contributed by atoms with Gasteiger partial charge in [-0.2, -0.15) is 5.10 Å². The summed E-state index contributed by atoms with van der Waals surface area (Å²) in [6, 6.07) is 8.75. The van der Waals surface area contributed by atoms with Crippen LogP contribution in [0, 0.1) is 0 Å². The van der Waals surface area contributed by atoms with E-state index in [1.807, 2.05) is 6.07 Å². The van der Waals surface area contributed by atoms with Crippen molar-refractivity contribution in [2.45, 2.75) is 0 Å². The molecule has 0 saturated carbocycles. The van der Waals surface area contributed by atoms with Crippen LogP contribution in [-0.2, 0) is 11.8 Å². The molecule has 0 radical (unpaired) electrons. The molecule has 0 bridgehead atoms. The molecule has 0 aromatic carbocycles. The Hall–Kier alpha value is -3.79. The Balaban J connectivity index is 1.80. The number of nitrogens with two attached hydrogens (primary N) is 1. The number of hydrogen-bond acceptors (Lipinski definition) is 7. The number of nitrogens with zero attached hydrogens (tertiary/aromatic N) is 4. The number of amides is 2. The molecule has 0 atom stereocenters. The van der Waals surface area contributed by atoms with Gasteiger partial charge in [0.15, 0.2) is 5.69 Å². The van der Waals surface area contributed by atoms with Crippen molar-refractivity contribution in [1.29, 1.82) is 0 Å². The molecule has 3 aromatic heterocycles. The Kier molecular flexibility index (Phi) is 6.15. The maximum Gasteiger partial charge on any atom is 0.274 e. The topological polar surface area (TPSA) is 137 Å². The second-order valence-electron chi connectivity index (χ2n) is 6.14. The number of ether oxygens (including phenoxy) is 1. The number of nitrogens with one attached hydrogen (secondary N) is 2. The molecule has 4 N–H and O–H groups in total. The summed E-state index contributed by atoms with van der Waals surface area (Å²) in [6.45, 7) is 1.18. The van der Waals surface area contributed by atoms with Gasteiger partial charge in [0.1, 0.15) is 11.5 Å². The first-order valence-corrected chi connectivity index (χ1v) is 8.79. The predicted octanol–water partition coefficient (Wildman–Crippen LogP) is 1.29. The van der Waals surface area contributed by atoms with Crippen molar-refractivity contribution in [3.63, 3.8) is 0 Å². The maximum atomic E-state index is 12.6. The van der Waals surface area contributed by atoms with Crippen LogP contribution >= 0.6 is 0 Å². The van der Waals surface area contributed by atoms with Gasteiger partial charge >= 0.3 is 0 Å². The third-order valence-electron chi connectivity index (χ3n) is 3.96.